The Morgan fingerprint density at radius 3 is 2.59 bits per heavy atom. The fraction of sp³-hybridized carbons (Fsp3) is 0.696. The number of piperazine rings is 1. The first-order valence-corrected chi connectivity index (χ1v) is 12.3. The van der Waals surface area contributed by atoms with Crippen LogP contribution >= 0.6 is 11.5 Å². The van der Waals surface area contributed by atoms with Gasteiger partial charge in [0.2, 0.25) is 0 Å². The van der Waals surface area contributed by atoms with E-state index in [0.29, 0.717) is 0 Å². The van der Waals surface area contributed by atoms with Crippen molar-refractivity contribution in [1.82, 2.24) is 19.1 Å². The Morgan fingerprint density at radius 2 is 1.72 bits per heavy atom. The number of benzene rings is 1. The number of rotatable bonds is 6. The van der Waals surface area contributed by atoms with Crippen LogP contribution in [0.5, 0.6) is 0 Å². The molecule has 1 aromatic carbocycles. The van der Waals surface area contributed by atoms with Gasteiger partial charge in [0.25, 0.3) is 0 Å². The zero-order valence-corrected chi connectivity index (χ0v) is 18.6. The first-order valence-electron chi connectivity index (χ1n) is 11.6. The SMILES string of the molecule is CN1CN(CCCCN2CCN(c3nsc4ccccc34)CC2)C2CCCCC21. The summed E-state index contributed by atoms with van der Waals surface area (Å²) >= 11 is 1.63. The van der Waals surface area contributed by atoms with Crippen LogP contribution in [0.4, 0.5) is 5.82 Å². The predicted octanol–water partition coefficient (Wildman–Crippen LogP) is 3.71. The molecule has 6 heteroatoms. The maximum atomic E-state index is 4.74. The number of nitrogens with zero attached hydrogens (tertiary/aromatic N) is 5. The molecule has 2 aromatic rings. The lowest BCUT2D eigenvalue weighted by atomic mass is 9.90. The minimum Gasteiger partial charge on any atom is -0.353 e. The summed E-state index contributed by atoms with van der Waals surface area (Å²) in [5.74, 6) is 1.20. The van der Waals surface area contributed by atoms with Gasteiger partial charge in [-0.05, 0) is 69.5 Å². The van der Waals surface area contributed by atoms with Crippen LogP contribution in [0.2, 0.25) is 0 Å². The lowest BCUT2D eigenvalue weighted by Crippen LogP contribution is -2.47. The Labute approximate surface area is 179 Å². The van der Waals surface area contributed by atoms with Gasteiger partial charge in [0.1, 0.15) is 5.82 Å². The highest BCUT2D eigenvalue weighted by Gasteiger charge is 2.38. The molecule has 1 aromatic heterocycles. The van der Waals surface area contributed by atoms with E-state index < -0.39 is 0 Å². The molecule has 2 aliphatic heterocycles. The molecular formula is C23H35N5S. The van der Waals surface area contributed by atoms with Gasteiger partial charge < -0.3 is 4.90 Å². The molecule has 0 spiro atoms. The lowest BCUT2D eigenvalue weighted by Gasteiger charge is -2.35. The fourth-order valence-corrected chi connectivity index (χ4v) is 6.49. The summed E-state index contributed by atoms with van der Waals surface area (Å²) in [5, 5.41) is 1.32. The number of hydrogen-bond donors (Lipinski definition) is 0. The quantitative estimate of drug-likeness (QED) is 0.673. The molecule has 2 atom stereocenters. The number of hydrogen-bond acceptors (Lipinski definition) is 6. The second-order valence-corrected chi connectivity index (χ2v) is 9.97. The third-order valence-corrected chi connectivity index (χ3v) is 8.15. The molecule has 5 rings (SSSR count). The van der Waals surface area contributed by atoms with Gasteiger partial charge >= 0.3 is 0 Å². The molecule has 0 radical (unpaired) electrons. The zero-order chi connectivity index (χ0) is 19.6. The maximum absolute atomic E-state index is 4.74. The molecule has 1 saturated carbocycles. The molecular weight excluding hydrogens is 378 g/mol. The van der Waals surface area contributed by atoms with Crippen LogP contribution < -0.4 is 4.90 Å². The van der Waals surface area contributed by atoms with E-state index in [4.69, 9.17) is 4.37 Å². The van der Waals surface area contributed by atoms with E-state index in [2.05, 4.69) is 50.9 Å². The van der Waals surface area contributed by atoms with E-state index in [0.717, 1.165) is 25.2 Å². The van der Waals surface area contributed by atoms with Gasteiger partial charge in [-0.3, -0.25) is 14.7 Å². The fourth-order valence-electron chi connectivity index (χ4n) is 5.70. The highest BCUT2D eigenvalue weighted by molar-refractivity contribution is 7.13. The standard InChI is InChI=1S/C23H35N5S/c1-25-18-28(21-10-4-3-9-20(21)25)13-7-6-12-26-14-16-27(17-15-26)23-19-8-2-5-11-22(19)29-24-23/h2,5,8,11,20-21H,3-4,6-7,9-10,12-18H2,1H3. The topological polar surface area (TPSA) is 25.9 Å². The van der Waals surface area contributed by atoms with Crippen LogP contribution in [0.3, 0.4) is 0 Å². The van der Waals surface area contributed by atoms with Gasteiger partial charge in [-0.2, -0.15) is 4.37 Å². The highest BCUT2D eigenvalue weighted by Crippen LogP contribution is 2.32. The average molecular weight is 414 g/mol. The van der Waals surface area contributed by atoms with Crippen molar-refractivity contribution in [1.29, 1.82) is 0 Å². The van der Waals surface area contributed by atoms with Gasteiger partial charge in [-0.15, -0.1) is 0 Å². The maximum Gasteiger partial charge on any atom is 0.150 e. The molecule has 0 bridgehead atoms. The van der Waals surface area contributed by atoms with E-state index >= 15 is 0 Å². The average Bonchev–Trinajstić information content (AvgIpc) is 3.33. The summed E-state index contributed by atoms with van der Waals surface area (Å²) in [5.41, 5.74) is 0. The largest absolute Gasteiger partial charge is 0.353 e. The third-order valence-electron chi connectivity index (χ3n) is 7.33. The van der Waals surface area contributed by atoms with Crippen molar-refractivity contribution >= 4 is 27.4 Å². The Morgan fingerprint density at radius 1 is 0.966 bits per heavy atom. The number of aromatic nitrogens is 1. The summed E-state index contributed by atoms with van der Waals surface area (Å²) in [6, 6.07) is 10.3. The van der Waals surface area contributed by atoms with Crippen molar-refractivity contribution in [2.45, 2.75) is 50.6 Å². The molecule has 3 heterocycles. The van der Waals surface area contributed by atoms with E-state index in [1.165, 1.54) is 87.3 Å². The van der Waals surface area contributed by atoms with Gasteiger partial charge in [0, 0.05) is 43.6 Å². The number of fused-ring (bicyclic) bond motifs is 2. The van der Waals surface area contributed by atoms with Crippen LogP contribution in [0.1, 0.15) is 38.5 Å². The molecule has 2 saturated heterocycles. The summed E-state index contributed by atoms with van der Waals surface area (Å²) in [7, 11) is 2.33. The van der Waals surface area contributed by atoms with Gasteiger partial charge in [-0.25, -0.2) is 0 Å². The van der Waals surface area contributed by atoms with Crippen LogP contribution in [0, 0.1) is 0 Å². The smallest absolute Gasteiger partial charge is 0.150 e. The van der Waals surface area contributed by atoms with E-state index in [1.807, 2.05) is 0 Å². The van der Waals surface area contributed by atoms with Crippen molar-refractivity contribution in [3.8, 4) is 0 Å². The van der Waals surface area contributed by atoms with E-state index in [1.54, 1.807) is 11.5 Å². The van der Waals surface area contributed by atoms with Crippen molar-refractivity contribution < 1.29 is 0 Å². The molecule has 3 fully saturated rings. The second kappa shape index (κ2) is 8.88. The lowest BCUT2D eigenvalue weighted by molar-refractivity contribution is 0.196. The van der Waals surface area contributed by atoms with Gasteiger partial charge in [0.15, 0.2) is 0 Å². The summed E-state index contributed by atoms with van der Waals surface area (Å²) in [4.78, 5) is 10.5. The van der Waals surface area contributed by atoms with Crippen LogP contribution in [0.15, 0.2) is 24.3 Å². The van der Waals surface area contributed by atoms with Gasteiger partial charge in [-0.1, -0.05) is 25.0 Å². The molecule has 2 unspecified atom stereocenters. The van der Waals surface area contributed by atoms with Crippen LogP contribution in [-0.2, 0) is 0 Å². The Bertz CT molecular complexity index is 799. The van der Waals surface area contributed by atoms with Crippen molar-refractivity contribution in [2.75, 3.05) is 57.9 Å². The van der Waals surface area contributed by atoms with E-state index in [-0.39, 0.29) is 0 Å². The first kappa shape index (κ1) is 19.7. The van der Waals surface area contributed by atoms with Crippen LogP contribution in [-0.4, -0.2) is 84.1 Å². The van der Waals surface area contributed by atoms with E-state index in [9.17, 15) is 0 Å². The Balaban J connectivity index is 1.05. The summed E-state index contributed by atoms with van der Waals surface area (Å²) in [6.07, 6.45) is 8.37. The first-order chi connectivity index (χ1) is 14.3. The summed E-state index contributed by atoms with van der Waals surface area (Å²) < 4.78 is 6.05. The number of likely N-dealkylation sites (N-methyl/N-ethyl adjacent to an activating group) is 1. The third kappa shape index (κ3) is 4.18. The zero-order valence-electron chi connectivity index (χ0n) is 17.8. The minimum absolute atomic E-state index is 0.832. The van der Waals surface area contributed by atoms with Crippen molar-refractivity contribution in [3.05, 3.63) is 24.3 Å². The summed E-state index contributed by atoms with van der Waals surface area (Å²) in [6.45, 7) is 8.28. The van der Waals surface area contributed by atoms with Crippen molar-refractivity contribution in [3.63, 3.8) is 0 Å². The molecule has 1 aliphatic carbocycles. The molecule has 0 amide bonds. The monoisotopic (exact) mass is 413 g/mol. The molecule has 5 nitrogen and oxygen atoms in total. The van der Waals surface area contributed by atoms with Crippen LogP contribution in [0.25, 0.3) is 10.1 Å². The second-order valence-electron chi connectivity index (χ2n) is 9.17. The Kier molecular flexibility index (Phi) is 6.04. The molecule has 29 heavy (non-hydrogen) atoms. The number of anilines is 1. The normalized spacial score (nSPS) is 27.0. The molecule has 0 N–H and O–H groups in total. The van der Waals surface area contributed by atoms with Crippen molar-refractivity contribution in [2.24, 2.45) is 0 Å². The molecule has 3 aliphatic rings. The highest BCUT2D eigenvalue weighted by atomic mass is 32.1. The Hall–Kier alpha value is -1.21. The number of unbranched alkanes of at least 4 members (excludes halogenated alkanes) is 1. The van der Waals surface area contributed by atoms with Gasteiger partial charge in [0.05, 0.1) is 11.4 Å². The minimum atomic E-state index is 0.832. The predicted molar refractivity (Wildman–Crippen MR) is 123 cm³/mol. The molecule has 158 valence electrons.